The number of hydrogen-bond donors (Lipinski definition) is 3. The Morgan fingerprint density at radius 3 is 1.70 bits per heavy atom. The van der Waals surface area contributed by atoms with Gasteiger partial charge in [0.2, 0.25) is 17.6 Å². The number of alkyl halides is 1. The number of phenols is 2. The largest absolute Gasteiger partial charge is 0.508 e. The van der Waals surface area contributed by atoms with E-state index in [0.29, 0.717) is 36.5 Å². The van der Waals surface area contributed by atoms with E-state index in [4.69, 9.17) is 35.0 Å². The van der Waals surface area contributed by atoms with Crippen LogP contribution < -0.4 is 10.1 Å². The molecule has 12 aromatic rings. The van der Waals surface area contributed by atoms with Crippen molar-refractivity contribution in [3.8, 4) is 17.2 Å². The summed E-state index contributed by atoms with van der Waals surface area (Å²) >= 11 is 5.45. The van der Waals surface area contributed by atoms with E-state index in [2.05, 4.69) is 17.4 Å². The minimum absolute atomic E-state index is 0. The van der Waals surface area contributed by atoms with E-state index in [1.54, 1.807) is 43.7 Å². The molecule has 12 nitrogen and oxygen atoms in total. The predicted molar refractivity (Wildman–Crippen MR) is 319 cm³/mol. The molecule has 3 N–H and O–H groups in total. The number of nitrogens with one attached hydrogen (secondary N) is 1. The van der Waals surface area contributed by atoms with Crippen LogP contribution in [-0.4, -0.2) is 58.7 Å². The fraction of sp³-hybridized carbons (Fsp3) is 0.118. The number of piperidine rings is 1. The summed E-state index contributed by atoms with van der Waals surface area (Å²) in [6, 6.07) is 60.1. The summed E-state index contributed by atoms with van der Waals surface area (Å²) in [4.78, 5) is 57.6. The monoisotopic (exact) mass is 1280 g/mol. The van der Waals surface area contributed by atoms with Crippen LogP contribution in [0.3, 0.4) is 0 Å². The Kier molecular flexibility index (Phi) is 19.4. The molecule has 1 unspecified atom stereocenters. The zero-order valence-electron chi connectivity index (χ0n) is 44.7. The van der Waals surface area contributed by atoms with Crippen LogP contribution >= 0.6 is 11.6 Å². The van der Waals surface area contributed by atoms with Gasteiger partial charge in [0.05, 0.1) is 48.5 Å². The second kappa shape index (κ2) is 26.9. The molecule has 1 fully saturated rings. The number of hydrogen-bond acceptors (Lipinski definition) is 11. The third-order valence-corrected chi connectivity index (χ3v) is 14.0. The molecule has 0 saturated carbocycles. The molecule has 10 aromatic carbocycles. The van der Waals surface area contributed by atoms with E-state index >= 15 is 0 Å². The molecule has 14 rings (SSSR count). The number of phenolic OH excluding ortho intramolecular Hbond substituents is 2. The van der Waals surface area contributed by atoms with Gasteiger partial charge in [-0.2, -0.15) is 0 Å². The molecule has 2 aliphatic rings. The van der Waals surface area contributed by atoms with Crippen molar-refractivity contribution < 1.29 is 73.6 Å². The van der Waals surface area contributed by atoms with Crippen molar-refractivity contribution in [2.24, 2.45) is 0 Å². The number of esters is 1. The smallest absolute Gasteiger partial charge is 0.310 e. The fourth-order valence-corrected chi connectivity index (χ4v) is 9.89. The summed E-state index contributed by atoms with van der Waals surface area (Å²) in [5, 5.41) is 33.8. The first-order valence-electron chi connectivity index (χ1n) is 25.9. The normalized spacial score (nSPS) is 13.1. The van der Waals surface area contributed by atoms with Crippen molar-refractivity contribution in [2.75, 3.05) is 19.1 Å². The summed E-state index contributed by atoms with van der Waals surface area (Å²) in [7, 11) is 0. The molecule has 2 amide bonds. The first-order chi connectivity index (χ1) is 38.9. The molecule has 14 heteroatoms. The summed E-state index contributed by atoms with van der Waals surface area (Å²) in [5.41, 5.74) is 4.30. The first-order valence-corrected chi connectivity index (χ1v) is 26.4. The van der Waals surface area contributed by atoms with Crippen LogP contribution in [0, 0.1) is 7.43 Å². The minimum atomic E-state index is -0.315. The van der Waals surface area contributed by atoms with Crippen LogP contribution in [-0.2, 0) is 46.6 Å². The van der Waals surface area contributed by atoms with Gasteiger partial charge in [-0.15, -0.1) is 11.6 Å². The molecular formula is C68H55ClNO11W-. The standard InChI is InChI=1S/C17H13NO3.C16H14O3.C12H9ClO2.C12H8O2.C10H8O.CH3.W/c19-16-6-5-12(17(20)18-16)14-9-21-15-8-11-4-2-1-3-10(11)7-13(14)15;1-2-18-16(17)9-13-10-19-15-8-12-6-4-3-5-11(12)7-14(13)15;13-7-12(15)10-5-8-3-1-2-4-9(8)6-11(10)14;13-11-7-14-12-6-9-4-2-1-3-8(9)5-10(11)12;11-10-6-5-8-3-1-2-4-9(8)7-10;;/h1-4,7-9,12H,5-6H2,(H,18,19,20);3-8,10H,2,9H2,1H3;1-6,14H,7H2;1-6H,7H2;1-7,11H;1H3;/q;;;;;-1;. The molecule has 0 aliphatic carbocycles. The Bertz CT molecular complexity index is 4320. The number of amides is 2. The number of Topliss-reactive ketones (excluding diaryl/α,β-unsaturated/α-hetero) is 2. The Labute approximate surface area is 491 Å². The van der Waals surface area contributed by atoms with Gasteiger partial charge in [-0.25, -0.2) is 0 Å². The Morgan fingerprint density at radius 1 is 0.610 bits per heavy atom. The predicted octanol–water partition coefficient (Wildman–Crippen LogP) is 15.2. The van der Waals surface area contributed by atoms with Crippen molar-refractivity contribution in [1.82, 2.24) is 5.32 Å². The molecule has 4 heterocycles. The molecular weight excluding hydrogens is 1230 g/mol. The number of fused-ring (bicyclic) bond motifs is 8. The number of imide groups is 1. The van der Waals surface area contributed by atoms with E-state index < -0.39 is 0 Å². The maximum Gasteiger partial charge on any atom is 0.310 e. The van der Waals surface area contributed by atoms with Crippen molar-refractivity contribution in [3.05, 3.63) is 230 Å². The maximum atomic E-state index is 12.0. The molecule has 2 aromatic heterocycles. The molecule has 412 valence electrons. The van der Waals surface area contributed by atoms with E-state index in [9.17, 15) is 29.1 Å². The van der Waals surface area contributed by atoms with Crippen molar-refractivity contribution in [3.63, 3.8) is 0 Å². The van der Waals surface area contributed by atoms with Gasteiger partial charge in [-0.1, -0.05) is 127 Å². The molecule has 0 spiro atoms. The van der Waals surface area contributed by atoms with Gasteiger partial charge in [0.15, 0.2) is 12.4 Å². The van der Waals surface area contributed by atoms with Crippen LogP contribution in [0.4, 0.5) is 0 Å². The van der Waals surface area contributed by atoms with Gasteiger partial charge in [-0.3, -0.25) is 29.3 Å². The third-order valence-electron chi connectivity index (χ3n) is 13.8. The molecule has 82 heavy (non-hydrogen) atoms. The number of ketones is 2. The average Bonchev–Trinajstić information content (AvgIpc) is 4.32. The second-order valence-corrected chi connectivity index (χ2v) is 19.3. The number of carbonyl (C=O) groups excluding carboxylic acids is 5. The zero-order chi connectivity index (χ0) is 55.7. The Hall–Kier alpha value is -9.09. The van der Waals surface area contributed by atoms with Gasteiger partial charge in [0.1, 0.15) is 28.4 Å². The van der Waals surface area contributed by atoms with E-state index in [-0.39, 0.29) is 94.0 Å². The van der Waals surface area contributed by atoms with Crippen LogP contribution in [0.5, 0.6) is 17.2 Å². The van der Waals surface area contributed by atoms with Crippen LogP contribution in [0.15, 0.2) is 209 Å². The van der Waals surface area contributed by atoms with Gasteiger partial charge < -0.3 is 35.9 Å². The molecule has 0 bridgehead atoms. The maximum absolute atomic E-state index is 12.0. The van der Waals surface area contributed by atoms with E-state index in [1.807, 2.05) is 152 Å². The molecule has 0 radical (unpaired) electrons. The topological polar surface area (TPSA) is 183 Å². The number of halogens is 1. The van der Waals surface area contributed by atoms with Crippen molar-refractivity contribution in [1.29, 1.82) is 0 Å². The summed E-state index contributed by atoms with van der Waals surface area (Å²) < 4.78 is 21.4. The number of aromatic hydroxyl groups is 2. The van der Waals surface area contributed by atoms with Gasteiger partial charge >= 0.3 is 5.97 Å². The van der Waals surface area contributed by atoms with Gasteiger partial charge in [0, 0.05) is 49.4 Å². The zero-order valence-corrected chi connectivity index (χ0v) is 48.4. The number of carbonyl (C=O) groups is 5. The van der Waals surface area contributed by atoms with E-state index in [0.717, 1.165) is 86.9 Å². The van der Waals surface area contributed by atoms with Crippen molar-refractivity contribution >= 4 is 117 Å². The Balaban J connectivity index is 0.000000135. The first kappa shape index (κ1) is 59.0. The summed E-state index contributed by atoms with van der Waals surface area (Å²) in [6.07, 6.45) is 4.44. The van der Waals surface area contributed by atoms with Gasteiger partial charge in [0.25, 0.3) is 0 Å². The molecule has 1 atom stereocenters. The van der Waals surface area contributed by atoms with E-state index in [1.165, 1.54) is 0 Å². The van der Waals surface area contributed by atoms with Gasteiger partial charge in [-0.05, 0) is 128 Å². The fourth-order valence-electron chi connectivity index (χ4n) is 9.74. The quantitative estimate of drug-likeness (QED) is 0.0474. The summed E-state index contributed by atoms with van der Waals surface area (Å²) in [6.45, 7) is 2.39. The minimum Gasteiger partial charge on any atom is -0.508 e. The molecule has 2 aliphatic heterocycles. The number of benzene rings is 10. The van der Waals surface area contributed by atoms with Crippen LogP contribution in [0.25, 0.3) is 75.8 Å². The Morgan fingerprint density at radius 2 is 1.11 bits per heavy atom. The van der Waals surface area contributed by atoms with Crippen LogP contribution in [0.2, 0.25) is 0 Å². The second-order valence-electron chi connectivity index (χ2n) is 19.0. The number of ether oxygens (including phenoxy) is 2. The third kappa shape index (κ3) is 13.6. The molecule has 1 saturated heterocycles. The van der Waals surface area contributed by atoms with Crippen molar-refractivity contribution in [2.45, 2.75) is 32.1 Å². The van der Waals surface area contributed by atoms with Crippen LogP contribution in [0.1, 0.15) is 57.5 Å². The average molecular weight is 1280 g/mol. The number of rotatable bonds is 6. The summed E-state index contributed by atoms with van der Waals surface area (Å²) in [5.74, 6) is -0.256. The SMILES string of the molecule is CCOC(=O)Cc1coc2cc3ccccc3cc12.O=C(CCl)c1cc2ccccc2cc1O.O=C1CCC(c2coc3cc4ccccc4cc23)C(=O)N1.O=C1COc2cc3ccccc3cc21.Oc1ccc2ccccc2c1.[CH3-].[W]. The number of furan rings is 2.